The fourth-order valence-corrected chi connectivity index (χ4v) is 7.14. The Kier molecular flexibility index (Phi) is 10.2. The number of amides is 1. The average molecular weight is 572 g/mol. The Balaban J connectivity index is 1.32. The molecule has 0 saturated carbocycles. The van der Waals surface area contributed by atoms with Crippen LogP contribution in [0.4, 0.5) is 0 Å². The molecular weight excluding hydrogens is 530 g/mol. The fourth-order valence-electron chi connectivity index (χ4n) is 6.16. The highest BCUT2D eigenvalue weighted by molar-refractivity contribution is 7.17. The highest BCUT2D eigenvalue weighted by atomic mass is 32.1. The van der Waals surface area contributed by atoms with Crippen molar-refractivity contribution in [2.75, 3.05) is 13.1 Å². The molecule has 1 amide bonds. The Morgan fingerprint density at radius 1 is 0.951 bits per heavy atom. The molecule has 1 unspecified atom stereocenters. The summed E-state index contributed by atoms with van der Waals surface area (Å²) in [4.78, 5) is 25.1. The molecule has 1 aromatic heterocycles. The first-order valence-electron chi connectivity index (χ1n) is 14.8. The van der Waals surface area contributed by atoms with E-state index in [-0.39, 0.29) is 17.7 Å². The number of rotatable bonds is 13. The normalized spacial score (nSPS) is 16.4. The van der Waals surface area contributed by atoms with Crippen LogP contribution >= 0.6 is 11.3 Å². The maximum Gasteiger partial charge on any atom is 0.218 e. The summed E-state index contributed by atoms with van der Waals surface area (Å²) in [5.41, 5.74) is 2.32. The number of ketones is 1. The summed E-state index contributed by atoms with van der Waals surface area (Å²) >= 11 is 1.69. The number of nitrogens with one attached hydrogen (secondary N) is 3. The fraction of sp³-hybridized carbons (Fsp3) is 0.412. The summed E-state index contributed by atoms with van der Waals surface area (Å²) in [6.07, 6.45) is 3.77. The predicted molar refractivity (Wildman–Crippen MR) is 168 cm³/mol. The van der Waals surface area contributed by atoms with Crippen molar-refractivity contribution in [3.8, 4) is 0 Å². The molecule has 0 bridgehead atoms. The molecule has 3 aromatic carbocycles. The monoisotopic (exact) mass is 571 g/mol. The number of hydrogen-bond donors (Lipinski definition) is 4. The van der Waals surface area contributed by atoms with Gasteiger partial charge in [-0.15, -0.1) is 11.3 Å². The second-order valence-electron chi connectivity index (χ2n) is 11.3. The number of piperidine rings is 1. The first kappa shape index (κ1) is 29.4. The number of carbonyl (C=O) groups is 2. The number of benzene rings is 3. The topological polar surface area (TPSA) is 90.5 Å². The molecule has 1 aliphatic heterocycles. The third-order valence-corrected chi connectivity index (χ3v) is 9.35. The van der Waals surface area contributed by atoms with Gasteiger partial charge in [-0.25, -0.2) is 0 Å². The van der Waals surface area contributed by atoms with E-state index in [4.69, 9.17) is 0 Å². The summed E-state index contributed by atoms with van der Waals surface area (Å²) in [6.45, 7) is 3.33. The Hall–Kier alpha value is -3.10. The number of fused-ring (bicyclic) bond motifs is 2. The van der Waals surface area contributed by atoms with E-state index in [1.807, 2.05) is 24.3 Å². The molecule has 4 N–H and O–H groups in total. The van der Waals surface area contributed by atoms with Gasteiger partial charge in [0.05, 0.1) is 6.17 Å². The lowest BCUT2D eigenvalue weighted by molar-refractivity contribution is -0.124. The van der Waals surface area contributed by atoms with E-state index in [1.54, 1.807) is 11.3 Å². The van der Waals surface area contributed by atoms with E-state index in [9.17, 15) is 14.7 Å². The van der Waals surface area contributed by atoms with Gasteiger partial charge in [-0.2, -0.15) is 0 Å². The maximum absolute atomic E-state index is 12.9. The second kappa shape index (κ2) is 14.2. The van der Waals surface area contributed by atoms with Crippen LogP contribution < -0.4 is 16.0 Å². The summed E-state index contributed by atoms with van der Waals surface area (Å²) in [5.74, 6) is 0.225. The van der Waals surface area contributed by atoms with Gasteiger partial charge >= 0.3 is 0 Å². The van der Waals surface area contributed by atoms with Crippen molar-refractivity contribution in [3.05, 3.63) is 83.2 Å². The number of aliphatic hydroxyl groups excluding tert-OH is 1. The minimum absolute atomic E-state index is 0.128. The minimum Gasteiger partial charge on any atom is -0.378 e. The van der Waals surface area contributed by atoms with Gasteiger partial charge in [0.25, 0.3) is 0 Å². The third-order valence-electron chi connectivity index (χ3n) is 8.34. The summed E-state index contributed by atoms with van der Waals surface area (Å²) in [6, 6.07) is 22.9. The van der Waals surface area contributed by atoms with Crippen LogP contribution in [-0.2, 0) is 22.4 Å². The van der Waals surface area contributed by atoms with Crippen molar-refractivity contribution in [1.29, 1.82) is 0 Å². The van der Waals surface area contributed by atoms with Crippen molar-refractivity contribution in [2.24, 2.45) is 11.8 Å². The van der Waals surface area contributed by atoms with Gasteiger partial charge < -0.3 is 15.7 Å². The molecule has 1 saturated heterocycles. The molecule has 6 nitrogen and oxygen atoms in total. The van der Waals surface area contributed by atoms with Crippen LogP contribution in [0.25, 0.3) is 20.9 Å². The van der Waals surface area contributed by atoms with Gasteiger partial charge in [-0.05, 0) is 83.9 Å². The zero-order valence-electron chi connectivity index (χ0n) is 23.8. The molecular formula is C34H41N3O3S. The van der Waals surface area contributed by atoms with Crippen molar-refractivity contribution in [1.82, 2.24) is 16.0 Å². The quantitative estimate of drug-likeness (QED) is 0.158. The SMILES string of the molecule is CC(=O)N[C@@H](Cc1csc2ccccc12)NC(O)[C@H](CCCC(=O)C1CCNCC1)Cc1cccc2ccccc12. The van der Waals surface area contributed by atoms with Gasteiger partial charge in [0.2, 0.25) is 5.91 Å². The first-order chi connectivity index (χ1) is 20.0. The number of hydrogen-bond acceptors (Lipinski definition) is 6. The summed E-state index contributed by atoms with van der Waals surface area (Å²) < 4.78 is 1.21. The molecule has 2 heterocycles. The van der Waals surface area contributed by atoms with Crippen LogP contribution in [0, 0.1) is 11.8 Å². The maximum atomic E-state index is 12.9. The standard InChI is InChI=1S/C34H41N3O3S/c1-23(38)36-33(21-28-22-41-32-15-5-4-13-30(28)32)37-34(40)27(11-7-14-31(39)25-16-18-35-19-17-25)20-26-10-6-9-24-8-2-3-12-29(24)26/h2-6,8-10,12-13,15,22,25,27,33-35,37,40H,7,11,14,16-21H2,1H3,(H,36,38)/t27-,33-,34?/m1/s1. The molecule has 4 aromatic rings. The highest BCUT2D eigenvalue weighted by Gasteiger charge is 2.26. The zero-order chi connectivity index (χ0) is 28.6. The summed E-state index contributed by atoms with van der Waals surface area (Å²) in [7, 11) is 0. The minimum atomic E-state index is -0.857. The molecule has 7 heteroatoms. The molecule has 1 aliphatic rings. The number of Topliss-reactive ketones (excluding diaryl/α,β-unsaturated/α-hetero) is 1. The Bertz CT molecular complexity index is 1460. The van der Waals surface area contributed by atoms with Crippen LogP contribution in [0.5, 0.6) is 0 Å². The van der Waals surface area contributed by atoms with Crippen molar-refractivity contribution < 1.29 is 14.7 Å². The number of aliphatic hydroxyl groups is 1. The van der Waals surface area contributed by atoms with Gasteiger partial charge in [-0.1, -0.05) is 60.7 Å². The smallest absolute Gasteiger partial charge is 0.218 e. The molecule has 0 radical (unpaired) electrons. The van der Waals surface area contributed by atoms with Gasteiger partial charge in [0.15, 0.2) is 0 Å². The highest BCUT2D eigenvalue weighted by Crippen LogP contribution is 2.28. The predicted octanol–water partition coefficient (Wildman–Crippen LogP) is 5.57. The van der Waals surface area contributed by atoms with Crippen LogP contribution in [0.3, 0.4) is 0 Å². The van der Waals surface area contributed by atoms with Gasteiger partial charge in [0, 0.05) is 36.3 Å². The van der Waals surface area contributed by atoms with E-state index in [0.29, 0.717) is 31.5 Å². The van der Waals surface area contributed by atoms with Crippen molar-refractivity contribution >= 4 is 43.9 Å². The van der Waals surface area contributed by atoms with Crippen LogP contribution in [0.15, 0.2) is 72.1 Å². The summed E-state index contributed by atoms with van der Waals surface area (Å²) in [5, 5.41) is 27.0. The second-order valence-corrected chi connectivity index (χ2v) is 12.2. The van der Waals surface area contributed by atoms with Gasteiger partial charge in [-0.3, -0.25) is 14.9 Å². The zero-order valence-corrected chi connectivity index (χ0v) is 24.6. The lowest BCUT2D eigenvalue weighted by Gasteiger charge is -2.29. The lowest BCUT2D eigenvalue weighted by atomic mass is 9.87. The Morgan fingerprint density at radius 3 is 2.49 bits per heavy atom. The molecule has 0 spiro atoms. The van der Waals surface area contributed by atoms with Crippen molar-refractivity contribution in [3.63, 3.8) is 0 Å². The molecule has 216 valence electrons. The largest absolute Gasteiger partial charge is 0.378 e. The lowest BCUT2D eigenvalue weighted by Crippen LogP contribution is -2.52. The van der Waals surface area contributed by atoms with Gasteiger partial charge in [0.1, 0.15) is 12.0 Å². The molecule has 5 rings (SSSR count). The van der Waals surface area contributed by atoms with E-state index in [1.165, 1.54) is 33.3 Å². The van der Waals surface area contributed by atoms with E-state index >= 15 is 0 Å². The van der Waals surface area contributed by atoms with Crippen molar-refractivity contribution in [2.45, 2.75) is 64.3 Å². The van der Waals surface area contributed by atoms with Crippen LogP contribution in [-0.4, -0.2) is 42.3 Å². The third kappa shape index (κ3) is 7.80. The molecule has 1 fully saturated rings. The van der Waals surface area contributed by atoms with E-state index < -0.39 is 12.4 Å². The van der Waals surface area contributed by atoms with Crippen LogP contribution in [0.1, 0.15) is 50.2 Å². The number of carbonyl (C=O) groups excluding carboxylic acids is 2. The first-order valence-corrected chi connectivity index (χ1v) is 15.7. The Morgan fingerprint density at radius 2 is 1.68 bits per heavy atom. The molecule has 0 aliphatic carbocycles. The van der Waals surface area contributed by atoms with Crippen LogP contribution in [0.2, 0.25) is 0 Å². The number of thiophene rings is 1. The Labute approximate surface area is 246 Å². The van der Waals surface area contributed by atoms with E-state index in [0.717, 1.165) is 37.9 Å². The average Bonchev–Trinajstić information content (AvgIpc) is 3.39. The molecule has 3 atom stereocenters. The van der Waals surface area contributed by atoms with E-state index in [2.05, 4.69) is 63.8 Å². The molecule has 41 heavy (non-hydrogen) atoms.